The number of para-hydroxylation sites is 1. The number of likely N-dealkylation sites (N-methyl/N-ethyl adjacent to an activating group) is 1. The molecule has 5 nitrogen and oxygen atoms in total. The van der Waals surface area contributed by atoms with E-state index in [9.17, 15) is 8.42 Å². The fraction of sp³-hybridized carbons (Fsp3) is 0.471. The van der Waals surface area contributed by atoms with Gasteiger partial charge in [0.25, 0.3) is 0 Å². The van der Waals surface area contributed by atoms with Crippen molar-refractivity contribution in [1.82, 2.24) is 14.6 Å². The zero-order chi connectivity index (χ0) is 16.4. The number of fused-ring (bicyclic) bond motifs is 1. The van der Waals surface area contributed by atoms with Crippen molar-refractivity contribution in [3.8, 4) is 0 Å². The molecular formula is C17H23N3O2S. The predicted molar refractivity (Wildman–Crippen MR) is 92.6 cm³/mol. The molecule has 1 aromatic carbocycles. The molecule has 2 aromatic rings. The summed E-state index contributed by atoms with van der Waals surface area (Å²) < 4.78 is 28.1. The summed E-state index contributed by atoms with van der Waals surface area (Å²) in [4.78, 5) is 6.61. The van der Waals surface area contributed by atoms with Crippen molar-refractivity contribution in [1.29, 1.82) is 0 Å². The van der Waals surface area contributed by atoms with Crippen LogP contribution in [0.25, 0.3) is 10.9 Å². The summed E-state index contributed by atoms with van der Waals surface area (Å²) in [6.07, 6.45) is 1.70. The minimum absolute atomic E-state index is 0.0112. The molecule has 3 rings (SSSR count). The molecule has 124 valence electrons. The molecule has 1 aromatic heterocycles. The van der Waals surface area contributed by atoms with Gasteiger partial charge in [0.1, 0.15) is 0 Å². The highest BCUT2D eigenvalue weighted by Gasteiger charge is 2.31. The van der Waals surface area contributed by atoms with Crippen LogP contribution in [0.4, 0.5) is 0 Å². The molecule has 1 aliphatic rings. The third-order valence-electron chi connectivity index (χ3n) is 4.53. The van der Waals surface area contributed by atoms with Gasteiger partial charge in [-0.15, -0.1) is 0 Å². The zero-order valence-corrected chi connectivity index (χ0v) is 14.4. The van der Waals surface area contributed by atoms with Crippen LogP contribution in [0, 0.1) is 5.92 Å². The van der Waals surface area contributed by atoms with Gasteiger partial charge in [0, 0.05) is 30.7 Å². The van der Waals surface area contributed by atoms with Crippen molar-refractivity contribution in [2.75, 3.05) is 19.6 Å². The van der Waals surface area contributed by atoms with E-state index in [0.29, 0.717) is 5.92 Å². The third kappa shape index (κ3) is 3.71. The number of rotatable bonds is 5. The Morgan fingerprint density at radius 2 is 2.04 bits per heavy atom. The summed E-state index contributed by atoms with van der Waals surface area (Å²) in [7, 11) is -3.39. The van der Waals surface area contributed by atoms with E-state index in [1.165, 1.54) is 0 Å². The Morgan fingerprint density at radius 1 is 1.26 bits per heavy atom. The van der Waals surface area contributed by atoms with Crippen molar-refractivity contribution in [2.45, 2.75) is 25.6 Å². The van der Waals surface area contributed by atoms with Gasteiger partial charge in [-0.05, 0) is 24.1 Å². The normalized spacial score (nSPS) is 22.7. The summed E-state index contributed by atoms with van der Waals surface area (Å²) in [6.45, 7) is 6.88. The van der Waals surface area contributed by atoms with Gasteiger partial charge in [-0.25, -0.2) is 13.1 Å². The Bertz CT molecular complexity index is 786. The number of hydrogen-bond acceptors (Lipinski definition) is 4. The zero-order valence-electron chi connectivity index (χ0n) is 13.6. The van der Waals surface area contributed by atoms with Gasteiger partial charge < -0.3 is 4.90 Å². The number of benzene rings is 1. The number of pyridine rings is 1. The number of hydrogen-bond donors (Lipinski definition) is 1. The van der Waals surface area contributed by atoms with Crippen LogP contribution in [-0.2, 0) is 15.8 Å². The molecule has 1 N–H and O–H groups in total. The van der Waals surface area contributed by atoms with Crippen molar-refractivity contribution in [3.05, 3.63) is 42.1 Å². The van der Waals surface area contributed by atoms with Crippen molar-refractivity contribution >= 4 is 20.9 Å². The molecule has 2 heterocycles. The molecule has 1 aliphatic heterocycles. The van der Waals surface area contributed by atoms with Crippen LogP contribution in [-0.4, -0.2) is 44.0 Å². The van der Waals surface area contributed by atoms with Gasteiger partial charge in [0.2, 0.25) is 10.0 Å². The van der Waals surface area contributed by atoms with Crippen molar-refractivity contribution < 1.29 is 8.42 Å². The molecule has 0 bridgehead atoms. The first-order valence-electron chi connectivity index (χ1n) is 8.03. The van der Waals surface area contributed by atoms with Crippen molar-refractivity contribution in [3.63, 3.8) is 0 Å². The van der Waals surface area contributed by atoms with Crippen LogP contribution in [0.15, 0.2) is 36.5 Å². The fourth-order valence-electron chi connectivity index (χ4n) is 3.24. The minimum Gasteiger partial charge on any atom is -0.302 e. The molecule has 6 heteroatoms. The lowest BCUT2D eigenvalue weighted by Crippen LogP contribution is -2.40. The highest BCUT2D eigenvalue weighted by molar-refractivity contribution is 7.88. The molecule has 0 saturated carbocycles. The molecule has 0 unspecified atom stereocenters. The monoisotopic (exact) mass is 333 g/mol. The maximum Gasteiger partial charge on any atom is 0.216 e. The molecule has 1 fully saturated rings. The Labute approximate surface area is 137 Å². The second-order valence-corrected chi connectivity index (χ2v) is 8.06. The molecular weight excluding hydrogens is 310 g/mol. The fourth-order valence-corrected chi connectivity index (χ4v) is 4.73. The number of sulfonamides is 1. The van der Waals surface area contributed by atoms with E-state index in [2.05, 4.69) is 28.5 Å². The van der Waals surface area contributed by atoms with E-state index in [1.807, 2.05) is 30.3 Å². The molecule has 0 amide bonds. The summed E-state index contributed by atoms with van der Waals surface area (Å²) in [5.41, 5.74) is 1.50. The lowest BCUT2D eigenvalue weighted by Gasteiger charge is -2.17. The van der Waals surface area contributed by atoms with Crippen LogP contribution < -0.4 is 4.72 Å². The van der Waals surface area contributed by atoms with E-state index in [1.54, 1.807) is 6.20 Å². The molecule has 0 spiro atoms. The van der Waals surface area contributed by atoms with Crippen molar-refractivity contribution in [2.24, 2.45) is 5.92 Å². The first-order chi connectivity index (χ1) is 11.0. The lowest BCUT2D eigenvalue weighted by molar-refractivity contribution is 0.344. The topological polar surface area (TPSA) is 62.3 Å². The van der Waals surface area contributed by atoms with Crippen LogP contribution >= 0.6 is 0 Å². The van der Waals surface area contributed by atoms with E-state index in [4.69, 9.17) is 0 Å². The summed E-state index contributed by atoms with van der Waals surface area (Å²) in [6, 6.07) is 9.46. The maximum absolute atomic E-state index is 12.6. The van der Waals surface area contributed by atoms with Crippen LogP contribution in [0.1, 0.15) is 19.4 Å². The van der Waals surface area contributed by atoms with Gasteiger partial charge in [0.15, 0.2) is 0 Å². The quantitative estimate of drug-likeness (QED) is 0.909. The second kappa shape index (κ2) is 6.55. The number of nitrogens with one attached hydrogen (secondary N) is 1. The van der Waals surface area contributed by atoms with Crippen LogP contribution in [0.5, 0.6) is 0 Å². The lowest BCUT2D eigenvalue weighted by atomic mass is 10.1. The summed E-state index contributed by atoms with van der Waals surface area (Å²) in [5, 5.41) is 0.964. The average Bonchev–Trinajstić information content (AvgIpc) is 2.87. The van der Waals surface area contributed by atoms with Gasteiger partial charge in [-0.1, -0.05) is 38.1 Å². The first kappa shape index (κ1) is 16.4. The molecule has 1 saturated heterocycles. The minimum atomic E-state index is -3.39. The SMILES string of the molecule is CCN1C[C@H](NS(=O)(=O)Cc2cccc3cccnc23)[C@@H](C)C1. The molecule has 2 atom stereocenters. The summed E-state index contributed by atoms with van der Waals surface area (Å²) in [5.74, 6) is 0.298. The Kier molecular flexibility index (Phi) is 4.66. The van der Waals surface area contributed by atoms with Gasteiger partial charge in [-0.3, -0.25) is 4.98 Å². The van der Waals surface area contributed by atoms with Gasteiger partial charge in [-0.2, -0.15) is 0 Å². The Balaban J connectivity index is 1.78. The smallest absolute Gasteiger partial charge is 0.216 e. The van der Waals surface area contributed by atoms with Gasteiger partial charge in [0.05, 0.1) is 11.3 Å². The summed E-state index contributed by atoms with van der Waals surface area (Å²) >= 11 is 0. The highest BCUT2D eigenvalue weighted by atomic mass is 32.2. The second-order valence-electron chi connectivity index (χ2n) is 6.31. The number of likely N-dealkylation sites (tertiary alicyclic amines) is 1. The molecule has 23 heavy (non-hydrogen) atoms. The van der Waals surface area contributed by atoms with Crippen LogP contribution in [0.3, 0.4) is 0 Å². The van der Waals surface area contributed by atoms with E-state index >= 15 is 0 Å². The third-order valence-corrected chi connectivity index (χ3v) is 5.88. The predicted octanol–water partition coefficient (Wildman–Crippen LogP) is 1.99. The number of nitrogens with zero attached hydrogens (tertiary/aromatic N) is 2. The van der Waals surface area contributed by atoms with E-state index < -0.39 is 10.0 Å². The standard InChI is InChI=1S/C17H23N3O2S/c1-3-20-10-13(2)16(11-20)19-23(21,22)12-15-7-4-6-14-8-5-9-18-17(14)15/h4-9,13,16,19H,3,10-12H2,1-2H3/t13-,16-/m0/s1. The maximum atomic E-state index is 12.6. The molecule has 0 aliphatic carbocycles. The first-order valence-corrected chi connectivity index (χ1v) is 9.68. The van der Waals surface area contributed by atoms with Gasteiger partial charge >= 0.3 is 0 Å². The Hall–Kier alpha value is -1.50. The van der Waals surface area contributed by atoms with Crippen LogP contribution in [0.2, 0.25) is 0 Å². The number of aromatic nitrogens is 1. The molecule has 0 radical (unpaired) electrons. The average molecular weight is 333 g/mol. The Morgan fingerprint density at radius 3 is 2.78 bits per heavy atom. The largest absolute Gasteiger partial charge is 0.302 e. The van der Waals surface area contributed by atoms with E-state index in [-0.39, 0.29) is 11.8 Å². The van der Waals surface area contributed by atoms with E-state index in [0.717, 1.165) is 36.1 Å². The highest BCUT2D eigenvalue weighted by Crippen LogP contribution is 2.20.